The van der Waals surface area contributed by atoms with E-state index in [1.807, 2.05) is 0 Å². The second-order valence-corrected chi connectivity index (χ2v) is 3.87. The Morgan fingerprint density at radius 1 is 1.05 bits per heavy atom. The molecule has 0 aromatic rings. The molecule has 1 aliphatic rings. The second kappa shape index (κ2) is 16.7. The molecule has 0 bridgehead atoms. The molecule has 1 rings (SSSR count). The zero-order valence-electron chi connectivity index (χ0n) is 12.1. The number of rotatable bonds is 7. The standard InChI is InChI=1S/C6H14O3.C4H2O3.C3H8O2/c7-3-1-5-9-6-2-4-8;5-3-1-2-4(6)7-3;1-3(5)2-4/h7-8H,1-6H2;1-2H;3-5H,2H2,1H3. The molecule has 8 heteroatoms. The summed E-state index contributed by atoms with van der Waals surface area (Å²) in [6, 6.07) is 0. The number of esters is 2. The van der Waals surface area contributed by atoms with E-state index in [1.165, 1.54) is 6.92 Å². The van der Waals surface area contributed by atoms with E-state index in [0.29, 0.717) is 26.1 Å². The highest BCUT2D eigenvalue weighted by Gasteiger charge is 2.10. The second-order valence-electron chi connectivity index (χ2n) is 3.87. The maximum absolute atomic E-state index is 9.92. The highest BCUT2D eigenvalue weighted by Crippen LogP contribution is 1.92. The summed E-state index contributed by atoms with van der Waals surface area (Å²) < 4.78 is 8.97. The molecular weight excluding hydrogens is 284 g/mol. The lowest BCUT2D eigenvalue weighted by molar-refractivity contribution is -0.150. The van der Waals surface area contributed by atoms with Crippen LogP contribution in [0.15, 0.2) is 12.2 Å². The Balaban J connectivity index is 0. The number of cyclic esters (lactones) is 2. The molecule has 0 fully saturated rings. The summed E-state index contributed by atoms with van der Waals surface area (Å²) in [5.74, 6) is -1.16. The Morgan fingerprint density at radius 3 is 1.62 bits per heavy atom. The average molecular weight is 308 g/mol. The van der Waals surface area contributed by atoms with Gasteiger partial charge in [-0.3, -0.25) is 0 Å². The maximum Gasteiger partial charge on any atom is 0.338 e. The first kappa shape index (κ1) is 22.0. The molecule has 0 radical (unpaired) electrons. The minimum atomic E-state index is -0.579. The van der Waals surface area contributed by atoms with Crippen LogP contribution in [0.3, 0.4) is 0 Å². The van der Waals surface area contributed by atoms with E-state index in [-0.39, 0.29) is 19.8 Å². The third-order valence-corrected chi connectivity index (χ3v) is 1.71. The van der Waals surface area contributed by atoms with Gasteiger partial charge in [-0.25, -0.2) is 9.59 Å². The van der Waals surface area contributed by atoms with E-state index in [1.54, 1.807) is 0 Å². The summed E-state index contributed by atoms with van der Waals surface area (Å²) in [5, 5.41) is 32.6. The summed E-state index contributed by atoms with van der Waals surface area (Å²) in [7, 11) is 0. The quantitative estimate of drug-likeness (QED) is 0.260. The van der Waals surface area contributed by atoms with Crippen molar-refractivity contribution in [1.29, 1.82) is 0 Å². The zero-order valence-corrected chi connectivity index (χ0v) is 12.1. The van der Waals surface area contributed by atoms with Crippen molar-refractivity contribution in [3.05, 3.63) is 12.2 Å². The predicted octanol–water partition coefficient (Wildman–Crippen LogP) is -1.25. The van der Waals surface area contributed by atoms with Crippen LogP contribution in [-0.4, -0.2) is 71.5 Å². The zero-order chi connectivity index (χ0) is 16.5. The third-order valence-electron chi connectivity index (χ3n) is 1.71. The molecule has 124 valence electrons. The summed E-state index contributed by atoms with van der Waals surface area (Å²) in [4.78, 5) is 19.8. The van der Waals surface area contributed by atoms with Crippen molar-refractivity contribution >= 4 is 11.9 Å². The number of carbonyl (C=O) groups is 2. The van der Waals surface area contributed by atoms with Gasteiger partial charge in [-0.05, 0) is 19.8 Å². The molecule has 1 heterocycles. The fourth-order valence-corrected chi connectivity index (χ4v) is 0.739. The van der Waals surface area contributed by atoms with Gasteiger partial charge in [-0.1, -0.05) is 0 Å². The fourth-order valence-electron chi connectivity index (χ4n) is 0.739. The van der Waals surface area contributed by atoms with Crippen molar-refractivity contribution in [2.75, 3.05) is 33.0 Å². The molecule has 0 saturated carbocycles. The number of hydrogen-bond acceptors (Lipinski definition) is 8. The highest BCUT2D eigenvalue weighted by molar-refractivity contribution is 6.04. The Labute approximate surface area is 123 Å². The smallest absolute Gasteiger partial charge is 0.338 e. The van der Waals surface area contributed by atoms with Crippen molar-refractivity contribution in [3.8, 4) is 0 Å². The average Bonchev–Trinajstić information content (AvgIpc) is 2.83. The molecule has 1 unspecified atom stereocenters. The van der Waals surface area contributed by atoms with Crippen LogP contribution < -0.4 is 0 Å². The molecule has 1 aliphatic heterocycles. The van der Waals surface area contributed by atoms with Gasteiger partial charge < -0.3 is 29.9 Å². The van der Waals surface area contributed by atoms with Crippen molar-refractivity contribution < 1.29 is 39.5 Å². The number of aliphatic hydroxyl groups is 4. The van der Waals surface area contributed by atoms with E-state index < -0.39 is 18.0 Å². The van der Waals surface area contributed by atoms with Crippen molar-refractivity contribution in [2.45, 2.75) is 25.9 Å². The molecule has 4 N–H and O–H groups in total. The lowest BCUT2D eigenvalue weighted by Crippen LogP contribution is -2.03. The van der Waals surface area contributed by atoms with E-state index >= 15 is 0 Å². The first-order valence-corrected chi connectivity index (χ1v) is 6.50. The lowest BCUT2D eigenvalue weighted by Gasteiger charge is -1.99. The molecule has 0 saturated heterocycles. The van der Waals surface area contributed by atoms with Gasteiger partial charge in [0.1, 0.15) is 0 Å². The lowest BCUT2D eigenvalue weighted by atomic mass is 10.5. The van der Waals surface area contributed by atoms with Gasteiger partial charge in [0.15, 0.2) is 0 Å². The number of hydrogen-bond donors (Lipinski definition) is 4. The van der Waals surface area contributed by atoms with Gasteiger partial charge in [-0.2, -0.15) is 0 Å². The largest absolute Gasteiger partial charge is 0.396 e. The van der Waals surface area contributed by atoms with Crippen LogP contribution in [0.5, 0.6) is 0 Å². The first-order valence-electron chi connectivity index (χ1n) is 6.50. The topological polar surface area (TPSA) is 134 Å². The van der Waals surface area contributed by atoms with Crippen LogP contribution >= 0.6 is 0 Å². The molecule has 0 aromatic heterocycles. The van der Waals surface area contributed by atoms with Crippen LogP contribution in [0.2, 0.25) is 0 Å². The van der Waals surface area contributed by atoms with Gasteiger partial charge in [0.05, 0.1) is 12.7 Å². The number of carbonyl (C=O) groups excluding carboxylic acids is 2. The summed E-state index contributed by atoms with van der Waals surface area (Å²) >= 11 is 0. The molecule has 21 heavy (non-hydrogen) atoms. The Bertz CT molecular complexity index is 266. The van der Waals surface area contributed by atoms with E-state index in [4.69, 9.17) is 25.2 Å². The van der Waals surface area contributed by atoms with Crippen LogP contribution in [-0.2, 0) is 19.1 Å². The van der Waals surface area contributed by atoms with Crippen molar-refractivity contribution in [2.24, 2.45) is 0 Å². The monoisotopic (exact) mass is 308 g/mol. The Hall–Kier alpha value is -1.32. The normalized spacial score (nSPS) is 13.8. The van der Waals surface area contributed by atoms with E-state index in [0.717, 1.165) is 12.2 Å². The van der Waals surface area contributed by atoms with Crippen molar-refractivity contribution in [1.82, 2.24) is 0 Å². The van der Waals surface area contributed by atoms with Gasteiger partial charge in [0.2, 0.25) is 0 Å². The molecule has 0 amide bonds. The first-order chi connectivity index (χ1) is 9.97. The van der Waals surface area contributed by atoms with Crippen LogP contribution in [0.4, 0.5) is 0 Å². The van der Waals surface area contributed by atoms with Gasteiger partial charge in [0, 0.05) is 38.6 Å². The van der Waals surface area contributed by atoms with Gasteiger partial charge in [0.25, 0.3) is 0 Å². The SMILES string of the molecule is CC(O)CO.O=C1C=CC(=O)O1.OCCCOCCCO. The van der Waals surface area contributed by atoms with Crippen LogP contribution in [0, 0.1) is 0 Å². The van der Waals surface area contributed by atoms with Crippen LogP contribution in [0.25, 0.3) is 0 Å². The molecule has 0 aromatic carbocycles. The number of ether oxygens (including phenoxy) is 2. The third kappa shape index (κ3) is 21.1. The number of aliphatic hydroxyl groups excluding tert-OH is 4. The Kier molecular flexibility index (Phi) is 17.5. The summed E-state index contributed by atoms with van der Waals surface area (Å²) in [6.45, 7) is 2.94. The predicted molar refractivity (Wildman–Crippen MR) is 73.2 cm³/mol. The Morgan fingerprint density at radius 2 is 1.43 bits per heavy atom. The minimum absolute atomic E-state index is 0.139. The van der Waals surface area contributed by atoms with E-state index in [2.05, 4.69) is 4.74 Å². The molecule has 0 spiro atoms. The fraction of sp³-hybridized carbons (Fsp3) is 0.692. The van der Waals surface area contributed by atoms with E-state index in [9.17, 15) is 9.59 Å². The summed E-state index contributed by atoms with van der Waals surface area (Å²) in [6.07, 6.45) is 2.98. The van der Waals surface area contributed by atoms with Crippen LogP contribution in [0.1, 0.15) is 19.8 Å². The molecule has 0 aliphatic carbocycles. The minimum Gasteiger partial charge on any atom is -0.396 e. The molecule has 1 atom stereocenters. The highest BCUT2D eigenvalue weighted by atomic mass is 16.6. The molecule has 8 nitrogen and oxygen atoms in total. The maximum atomic E-state index is 9.92. The van der Waals surface area contributed by atoms with Gasteiger partial charge in [-0.15, -0.1) is 0 Å². The summed E-state index contributed by atoms with van der Waals surface area (Å²) in [5.41, 5.74) is 0. The van der Waals surface area contributed by atoms with Gasteiger partial charge >= 0.3 is 11.9 Å². The molecular formula is C13H24O8. The van der Waals surface area contributed by atoms with Crippen molar-refractivity contribution in [3.63, 3.8) is 0 Å².